The van der Waals surface area contributed by atoms with E-state index in [0.717, 1.165) is 28.0 Å². The number of methoxy groups -OCH3 is 2. The lowest BCUT2D eigenvalue weighted by atomic mass is 10.1. The Bertz CT molecular complexity index is 884. The summed E-state index contributed by atoms with van der Waals surface area (Å²) < 4.78 is 10.4. The molecule has 1 atom stereocenters. The van der Waals surface area contributed by atoms with Crippen molar-refractivity contribution in [3.05, 3.63) is 59.8 Å². The molecule has 1 heterocycles. The van der Waals surface area contributed by atoms with Gasteiger partial charge in [0.15, 0.2) is 0 Å². The average Bonchev–Trinajstić information content (AvgIpc) is 3.09. The number of hydrogen-bond donors (Lipinski definition) is 1. The zero-order valence-corrected chi connectivity index (χ0v) is 14.9. The maximum absolute atomic E-state index is 12.8. The lowest BCUT2D eigenvalue weighted by Gasteiger charge is -2.25. The molecule has 3 aromatic rings. The van der Waals surface area contributed by atoms with Gasteiger partial charge in [-0.2, -0.15) is 0 Å². The minimum Gasteiger partial charge on any atom is -0.497 e. The van der Waals surface area contributed by atoms with Crippen LogP contribution >= 0.6 is 0 Å². The second kappa shape index (κ2) is 6.89. The summed E-state index contributed by atoms with van der Waals surface area (Å²) in [7, 11) is 5.07. The third kappa shape index (κ3) is 3.31. The molecule has 0 aliphatic rings. The molecule has 0 fully saturated rings. The van der Waals surface area contributed by atoms with Crippen LogP contribution in [0.1, 0.15) is 29.0 Å². The van der Waals surface area contributed by atoms with Gasteiger partial charge in [0.05, 0.1) is 20.3 Å². The van der Waals surface area contributed by atoms with Crippen molar-refractivity contribution in [1.82, 2.24) is 9.88 Å². The molecule has 3 rings (SSSR count). The number of rotatable bonds is 5. The molecule has 0 aliphatic heterocycles. The first kappa shape index (κ1) is 16.9. The highest BCUT2D eigenvalue weighted by atomic mass is 16.5. The standard InChI is InChI=1S/C20H22N2O3/c1-13(14-5-8-16(24-3)9-6-14)22(2)20(23)19-11-15-7-10-17(25-4)12-18(15)21-19/h5-13,21H,1-4H3. The van der Waals surface area contributed by atoms with Gasteiger partial charge in [0.2, 0.25) is 0 Å². The molecule has 0 spiro atoms. The summed E-state index contributed by atoms with van der Waals surface area (Å²) in [5.74, 6) is 1.50. The Morgan fingerprint density at radius 2 is 1.64 bits per heavy atom. The zero-order chi connectivity index (χ0) is 18.0. The number of aromatic amines is 1. The van der Waals surface area contributed by atoms with E-state index in [1.807, 2.05) is 62.5 Å². The van der Waals surface area contributed by atoms with E-state index < -0.39 is 0 Å². The number of ether oxygens (including phenoxy) is 2. The van der Waals surface area contributed by atoms with Gasteiger partial charge >= 0.3 is 0 Å². The fourth-order valence-electron chi connectivity index (χ4n) is 2.82. The predicted octanol–water partition coefficient (Wildman–Crippen LogP) is 4.02. The summed E-state index contributed by atoms with van der Waals surface area (Å²) in [5, 5.41) is 0.981. The van der Waals surface area contributed by atoms with Gasteiger partial charge in [0, 0.05) is 24.0 Å². The Morgan fingerprint density at radius 1 is 1.00 bits per heavy atom. The SMILES string of the molecule is COc1ccc(C(C)N(C)C(=O)c2cc3ccc(OC)cc3[nH]2)cc1. The fraction of sp³-hybridized carbons (Fsp3) is 0.250. The summed E-state index contributed by atoms with van der Waals surface area (Å²) >= 11 is 0. The van der Waals surface area contributed by atoms with Crippen molar-refractivity contribution in [3.63, 3.8) is 0 Å². The maximum Gasteiger partial charge on any atom is 0.270 e. The Morgan fingerprint density at radius 3 is 2.28 bits per heavy atom. The number of hydrogen-bond acceptors (Lipinski definition) is 3. The third-order valence-corrected chi connectivity index (χ3v) is 4.56. The van der Waals surface area contributed by atoms with Crippen LogP contribution in [0.3, 0.4) is 0 Å². The first-order chi connectivity index (χ1) is 12.0. The molecule has 1 unspecified atom stereocenters. The van der Waals surface area contributed by atoms with E-state index in [1.165, 1.54) is 0 Å². The van der Waals surface area contributed by atoms with Crippen LogP contribution in [0, 0.1) is 0 Å². The van der Waals surface area contributed by atoms with Crippen molar-refractivity contribution in [3.8, 4) is 11.5 Å². The molecule has 0 saturated carbocycles. The quantitative estimate of drug-likeness (QED) is 0.764. The van der Waals surface area contributed by atoms with Gasteiger partial charge < -0.3 is 19.4 Å². The Balaban J connectivity index is 1.83. The number of carbonyl (C=O) groups excluding carboxylic acids is 1. The lowest BCUT2D eigenvalue weighted by molar-refractivity contribution is 0.0737. The molecule has 130 valence electrons. The topological polar surface area (TPSA) is 54.6 Å². The van der Waals surface area contributed by atoms with Crippen LogP contribution in [0.4, 0.5) is 0 Å². The molecule has 25 heavy (non-hydrogen) atoms. The number of nitrogens with one attached hydrogen (secondary N) is 1. The summed E-state index contributed by atoms with van der Waals surface area (Å²) in [5.41, 5.74) is 2.49. The van der Waals surface area contributed by atoms with Crippen molar-refractivity contribution in [2.45, 2.75) is 13.0 Å². The molecule has 5 heteroatoms. The highest BCUT2D eigenvalue weighted by Crippen LogP contribution is 2.25. The molecule has 0 bridgehead atoms. The van der Waals surface area contributed by atoms with Crippen LogP contribution in [0.5, 0.6) is 11.5 Å². The lowest BCUT2D eigenvalue weighted by Crippen LogP contribution is -2.29. The van der Waals surface area contributed by atoms with Crippen molar-refractivity contribution in [2.75, 3.05) is 21.3 Å². The minimum absolute atomic E-state index is 0.0562. The van der Waals surface area contributed by atoms with Crippen molar-refractivity contribution in [2.24, 2.45) is 0 Å². The van der Waals surface area contributed by atoms with E-state index in [9.17, 15) is 4.79 Å². The van der Waals surface area contributed by atoms with Crippen LogP contribution in [-0.4, -0.2) is 37.1 Å². The summed E-state index contributed by atoms with van der Waals surface area (Å²) in [6.07, 6.45) is 0. The molecule has 5 nitrogen and oxygen atoms in total. The van der Waals surface area contributed by atoms with Crippen LogP contribution in [-0.2, 0) is 0 Å². The van der Waals surface area contributed by atoms with E-state index in [4.69, 9.17) is 9.47 Å². The smallest absolute Gasteiger partial charge is 0.270 e. The Labute approximate surface area is 147 Å². The summed E-state index contributed by atoms with van der Waals surface area (Å²) in [6, 6.07) is 15.3. The predicted molar refractivity (Wildman–Crippen MR) is 98.4 cm³/mol. The van der Waals surface area contributed by atoms with E-state index >= 15 is 0 Å². The average molecular weight is 338 g/mol. The molecule has 0 aliphatic carbocycles. The van der Waals surface area contributed by atoms with Gasteiger partial charge in [-0.1, -0.05) is 12.1 Å². The summed E-state index contributed by atoms with van der Waals surface area (Å²) in [6.45, 7) is 2.01. The van der Waals surface area contributed by atoms with Gasteiger partial charge in [0.25, 0.3) is 5.91 Å². The number of amides is 1. The maximum atomic E-state index is 12.8. The minimum atomic E-state index is -0.0570. The van der Waals surface area contributed by atoms with Gasteiger partial charge in [-0.25, -0.2) is 0 Å². The van der Waals surface area contributed by atoms with Gasteiger partial charge in [-0.15, -0.1) is 0 Å². The highest BCUT2D eigenvalue weighted by Gasteiger charge is 2.20. The third-order valence-electron chi connectivity index (χ3n) is 4.56. The molecular weight excluding hydrogens is 316 g/mol. The van der Waals surface area contributed by atoms with Gasteiger partial charge in [-0.3, -0.25) is 4.79 Å². The van der Waals surface area contributed by atoms with Crippen molar-refractivity contribution in [1.29, 1.82) is 0 Å². The van der Waals surface area contributed by atoms with Crippen molar-refractivity contribution < 1.29 is 14.3 Å². The molecule has 1 aromatic heterocycles. The number of aromatic nitrogens is 1. The number of carbonyl (C=O) groups is 1. The number of nitrogens with zero attached hydrogens (tertiary/aromatic N) is 1. The van der Waals surface area contributed by atoms with Crippen LogP contribution in [0.25, 0.3) is 10.9 Å². The Kier molecular flexibility index (Phi) is 4.65. The highest BCUT2D eigenvalue weighted by molar-refractivity contribution is 5.98. The Hall–Kier alpha value is -2.95. The fourth-order valence-corrected chi connectivity index (χ4v) is 2.82. The number of fused-ring (bicyclic) bond motifs is 1. The van der Waals surface area contributed by atoms with Gasteiger partial charge in [-0.05, 0) is 42.8 Å². The van der Waals surface area contributed by atoms with E-state index in [0.29, 0.717) is 5.69 Å². The molecule has 1 N–H and O–H groups in total. The monoisotopic (exact) mass is 338 g/mol. The van der Waals surface area contributed by atoms with Crippen molar-refractivity contribution >= 4 is 16.8 Å². The van der Waals surface area contributed by atoms with Crippen LogP contribution < -0.4 is 9.47 Å². The summed E-state index contributed by atoms with van der Waals surface area (Å²) in [4.78, 5) is 17.8. The second-order valence-electron chi connectivity index (χ2n) is 6.00. The molecular formula is C20H22N2O3. The first-order valence-electron chi connectivity index (χ1n) is 8.11. The largest absolute Gasteiger partial charge is 0.497 e. The van der Waals surface area contributed by atoms with E-state index in [1.54, 1.807) is 19.1 Å². The van der Waals surface area contributed by atoms with Gasteiger partial charge in [0.1, 0.15) is 17.2 Å². The zero-order valence-electron chi connectivity index (χ0n) is 14.9. The normalized spacial score (nSPS) is 12.0. The second-order valence-corrected chi connectivity index (χ2v) is 6.00. The number of H-pyrrole nitrogens is 1. The molecule has 0 radical (unpaired) electrons. The van der Waals surface area contributed by atoms with Crippen LogP contribution in [0.15, 0.2) is 48.5 Å². The van der Waals surface area contributed by atoms with E-state index in [-0.39, 0.29) is 11.9 Å². The molecule has 2 aromatic carbocycles. The first-order valence-corrected chi connectivity index (χ1v) is 8.11. The number of benzene rings is 2. The van der Waals surface area contributed by atoms with E-state index in [2.05, 4.69) is 4.98 Å². The van der Waals surface area contributed by atoms with Crippen LogP contribution in [0.2, 0.25) is 0 Å². The molecule has 1 amide bonds. The molecule has 0 saturated heterocycles.